The van der Waals surface area contributed by atoms with E-state index in [0.29, 0.717) is 38.0 Å². The van der Waals surface area contributed by atoms with E-state index in [1.165, 1.54) is 6.07 Å². The smallest absolute Gasteiger partial charge is 0.410 e. The average Bonchev–Trinajstić information content (AvgIpc) is 3.11. The van der Waals surface area contributed by atoms with Crippen molar-refractivity contribution in [1.29, 1.82) is 0 Å². The highest BCUT2D eigenvalue weighted by Gasteiger charge is 2.26. The summed E-state index contributed by atoms with van der Waals surface area (Å²) in [7, 11) is 1.70. The third kappa shape index (κ3) is 7.07. The lowest BCUT2D eigenvalue weighted by molar-refractivity contribution is 0.0264. The molecule has 8 nitrogen and oxygen atoms in total. The topological polar surface area (TPSA) is 82.1 Å². The Morgan fingerprint density at radius 2 is 2.24 bits per heavy atom. The molecule has 1 aliphatic rings. The molecule has 0 aliphatic carbocycles. The number of carbonyl (C=O) groups is 1. The first kappa shape index (κ1) is 22.7. The van der Waals surface area contributed by atoms with Gasteiger partial charge in [0.2, 0.25) is 0 Å². The first-order valence-corrected chi connectivity index (χ1v) is 10.0. The molecule has 1 aromatic heterocycles. The fourth-order valence-electron chi connectivity index (χ4n) is 3.08. The van der Waals surface area contributed by atoms with Crippen molar-refractivity contribution >= 4 is 17.9 Å². The fraction of sp³-hybridized carbons (Fsp3) is 0.650. The van der Waals surface area contributed by atoms with E-state index in [1.54, 1.807) is 24.2 Å². The lowest BCUT2D eigenvalue weighted by Crippen LogP contribution is -2.47. The fourth-order valence-corrected chi connectivity index (χ4v) is 3.08. The van der Waals surface area contributed by atoms with E-state index in [0.717, 1.165) is 13.0 Å². The number of halogens is 1. The predicted octanol–water partition coefficient (Wildman–Crippen LogP) is 2.22. The molecule has 0 saturated carbocycles. The van der Waals surface area contributed by atoms with Gasteiger partial charge in [-0.15, -0.1) is 0 Å². The molecule has 0 bridgehead atoms. The second-order valence-electron chi connectivity index (χ2n) is 7.94. The van der Waals surface area contributed by atoms with Crippen molar-refractivity contribution < 1.29 is 13.9 Å². The molecule has 2 heterocycles. The Hall–Kier alpha value is -2.58. The van der Waals surface area contributed by atoms with Gasteiger partial charge in [-0.25, -0.2) is 14.2 Å². The van der Waals surface area contributed by atoms with Crippen LogP contribution < -0.4 is 15.5 Å². The first-order valence-electron chi connectivity index (χ1n) is 10.0. The normalized spacial score (nSPS) is 17.2. The highest BCUT2D eigenvalue weighted by molar-refractivity contribution is 5.80. The molecule has 1 unspecified atom stereocenters. The summed E-state index contributed by atoms with van der Waals surface area (Å²) >= 11 is 0. The lowest BCUT2D eigenvalue weighted by atomic mass is 10.2. The summed E-state index contributed by atoms with van der Waals surface area (Å²) in [6.45, 7) is 10.5. The van der Waals surface area contributed by atoms with Crippen molar-refractivity contribution in [2.24, 2.45) is 4.99 Å². The summed E-state index contributed by atoms with van der Waals surface area (Å²) in [5.41, 5.74) is -0.517. The maximum Gasteiger partial charge on any atom is 0.410 e. The molecule has 1 atom stereocenters. The van der Waals surface area contributed by atoms with Crippen molar-refractivity contribution in [3.05, 3.63) is 24.1 Å². The molecule has 2 rings (SSSR count). The van der Waals surface area contributed by atoms with Crippen LogP contribution in [0.1, 0.15) is 34.1 Å². The Bertz CT molecular complexity index is 706. The van der Waals surface area contributed by atoms with E-state index in [4.69, 9.17) is 4.74 Å². The van der Waals surface area contributed by atoms with Crippen LogP contribution in [0.25, 0.3) is 0 Å². The van der Waals surface area contributed by atoms with Gasteiger partial charge in [0.05, 0.1) is 0 Å². The van der Waals surface area contributed by atoms with E-state index >= 15 is 0 Å². The van der Waals surface area contributed by atoms with Gasteiger partial charge in [-0.3, -0.25) is 4.99 Å². The Morgan fingerprint density at radius 3 is 2.86 bits per heavy atom. The number of amides is 1. The molecule has 1 fully saturated rings. The highest BCUT2D eigenvalue weighted by Crippen LogP contribution is 2.20. The van der Waals surface area contributed by atoms with Crippen molar-refractivity contribution in [2.45, 2.75) is 45.8 Å². The molecule has 2 N–H and O–H groups in total. The van der Waals surface area contributed by atoms with Crippen LogP contribution in [0.2, 0.25) is 0 Å². The number of rotatable bonds is 6. The van der Waals surface area contributed by atoms with Crippen LogP contribution in [0, 0.1) is 5.82 Å². The van der Waals surface area contributed by atoms with Crippen LogP contribution in [0.4, 0.5) is 15.0 Å². The standard InChI is InChI=1S/C20H33FN6O2/c1-6-26(19(28)29-20(2,3)4)13-11-24-18(22-5)25-15-9-12-27(14-15)17-16(21)8-7-10-23-17/h7-8,10,15H,6,9,11-14H2,1-5H3,(H2,22,24,25). The molecule has 0 spiro atoms. The molecule has 1 amide bonds. The van der Waals surface area contributed by atoms with Crippen LogP contribution in [0.15, 0.2) is 23.3 Å². The van der Waals surface area contributed by atoms with Crippen LogP contribution in [0.5, 0.6) is 0 Å². The predicted molar refractivity (Wildman–Crippen MR) is 113 cm³/mol. The van der Waals surface area contributed by atoms with Gasteiger partial charge in [-0.1, -0.05) is 0 Å². The monoisotopic (exact) mass is 408 g/mol. The average molecular weight is 409 g/mol. The number of ether oxygens (including phenoxy) is 1. The van der Waals surface area contributed by atoms with E-state index in [-0.39, 0.29) is 18.0 Å². The number of nitrogens with zero attached hydrogens (tertiary/aromatic N) is 4. The summed E-state index contributed by atoms with van der Waals surface area (Å²) in [5, 5.41) is 6.58. The van der Waals surface area contributed by atoms with Crippen LogP contribution >= 0.6 is 0 Å². The van der Waals surface area contributed by atoms with Crippen molar-refractivity contribution in [1.82, 2.24) is 20.5 Å². The number of guanidine groups is 1. The number of pyridine rings is 1. The second-order valence-corrected chi connectivity index (χ2v) is 7.94. The minimum absolute atomic E-state index is 0.135. The molecule has 29 heavy (non-hydrogen) atoms. The van der Waals surface area contributed by atoms with E-state index in [9.17, 15) is 9.18 Å². The summed E-state index contributed by atoms with van der Waals surface area (Å²) in [5.74, 6) is 0.728. The lowest BCUT2D eigenvalue weighted by Gasteiger charge is -2.27. The van der Waals surface area contributed by atoms with Gasteiger partial charge in [-0.2, -0.15) is 0 Å². The quantitative estimate of drug-likeness (QED) is 0.555. The molecular weight excluding hydrogens is 375 g/mol. The Kier molecular flexibility index (Phi) is 8.04. The van der Waals surface area contributed by atoms with Crippen molar-refractivity contribution in [3.8, 4) is 0 Å². The van der Waals surface area contributed by atoms with Gasteiger partial charge in [0.25, 0.3) is 0 Å². The van der Waals surface area contributed by atoms with Crippen molar-refractivity contribution in [3.63, 3.8) is 0 Å². The number of likely N-dealkylation sites (N-methyl/N-ethyl adjacent to an activating group) is 1. The van der Waals surface area contributed by atoms with Gasteiger partial charge in [-0.05, 0) is 46.2 Å². The first-order chi connectivity index (χ1) is 13.7. The molecule has 1 saturated heterocycles. The van der Waals surface area contributed by atoms with Crippen molar-refractivity contribution in [2.75, 3.05) is 44.7 Å². The molecular formula is C20H33FN6O2. The van der Waals surface area contributed by atoms with Crippen LogP contribution in [-0.2, 0) is 4.74 Å². The highest BCUT2D eigenvalue weighted by atomic mass is 19.1. The number of hydrogen-bond acceptors (Lipinski definition) is 5. The van der Waals surface area contributed by atoms with Gasteiger partial charge in [0.1, 0.15) is 5.60 Å². The number of nitrogens with one attached hydrogen (secondary N) is 2. The van der Waals surface area contributed by atoms with Gasteiger partial charge in [0.15, 0.2) is 17.6 Å². The van der Waals surface area contributed by atoms with E-state index < -0.39 is 5.60 Å². The molecule has 1 aliphatic heterocycles. The molecule has 0 aromatic carbocycles. The minimum atomic E-state index is -0.517. The Labute approximate surface area is 172 Å². The zero-order chi connectivity index (χ0) is 21.4. The van der Waals surface area contributed by atoms with Gasteiger partial charge >= 0.3 is 6.09 Å². The van der Waals surface area contributed by atoms with Crippen LogP contribution in [-0.4, -0.2) is 73.4 Å². The number of anilines is 1. The Balaban J connectivity index is 1.79. The van der Waals surface area contributed by atoms with E-state index in [2.05, 4.69) is 20.6 Å². The Morgan fingerprint density at radius 1 is 1.48 bits per heavy atom. The zero-order valence-corrected chi connectivity index (χ0v) is 18.0. The number of carbonyl (C=O) groups excluding carboxylic acids is 1. The maximum absolute atomic E-state index is 13.9. The number of aliphatic imine (C=N–C) groups is 1. The zero-order valence-electron chi connectivity index (χ0n) is 18.0. The summed E-state index contributed by atoms with van der Waals surface area (Å²) in [6, 6.07) is 3.15. The minimum Gasteiger partial charge on any atom is -0.444 e. The van der Waals surface area contributed by atoms with Gasteiger partial charge < -0.3 is 25.2 Å². The summed E-state index contributed by atoms with van der Waals surface area (Å²) in [4.78, 5) is 24.2. The molecule has 0 radical (unpaired) electrons. The third-order valence-corrected chi connectivity index (χ3v) is 4.50. The van der Waals surface area contributed by atoms with Crippen LogP contribution in [0.3, 0.4) is 0 Å². The number of hydrogen-bond donors (Lipinski definition) is 2. The largest absolute Gasteiger partial charge is 0.444 e. The summed E-state index contributed by atoms with van der Waals surface area (Å²) in [6.07, 6.45) is 2.13. The molecule has 9 heteroatoms. The maximum atomic E-state index is 13.9. The van der Waals surface area contributed by atoms with E-state index in [1.807, 2.05) is 32.6 Å². The molecule has 162 valence electrons. The third-order valence-electron chi connectivity index (χ3n) is 4.50. The second kappa shape index (κ2) is 10.3. The number of aromatic nitrogens is 1. The summed E-state index contributed by atoms with van der Waals surface area (Å²) < 4.78 is 19.4. The molecule has 1 aromatic rings. The van der Waals surface area contributed by atoms with Gasteiger partial charge in [0, 0.05) is 52.0 Å². The SMILES string of the molecule is CCN(CCNC(=NC)NC1CCN(c2ncccc2F)C1)C(=O)OC(C)(C)C.